The Labute approximate surface area is 168 Å². The third-order valence-corrected chi connectivity index (χ3v) is 4.40. The summed E-state index contributed by atoms with van der Waals surface area (Å²) in [5.74, 6) is 0.753. The van der Waals surface area contributed by atoms with Crippen molar-refractivity contribution in [2.75, 3.05) is 12.4 Å². The second-order valence-corrected chi connectivity index (χ2v) is 6.44. The number of hydrogen-bond donors (Lipinski definition) is 2. The van der Waals surface area contributed by atoms with E-state index in [0.29, 0.717) is 11.5 Å². The zero-order valence-electron chi connectivity index (χ0n) is 15.7. The van der Waals surface area contributed by atoms with Crippen molar-refractivity contribution < 1.29 is 14.6 Å². The SMILES string of the molecule is C1CCCCC1.CO.FOc1ccc2c(Nc3cnc(Cl)nc3)nccc2c1. The van der Waals surface area contributed by atoms with E-state index >= 15 is 0 Å². The number of nitrogens with zero attached hydrogens (tertiary/aromatic N) is 3. The molecule has 2 heterocycles. The smallest absolute Gasteiger partial charge is 0.222 e. The molecule has 2 N–H and O–H groups in total. The molecule has 0 spiro atoms. The van der Waals surface area contributed by atoms with Gasteiger partial charge in [0.05, 0.1) is 18.1 Å². The molecule has 0 radical (unpaired) electrons. The summed E-state index contributed by atoms with van der Waals surface area (Å²) >= 11 is 5.63. The number of halogens is 2. The topological polar surface area (TPSA) is 80.2 Å². The first-order chi connectivity index (χ1) is 13.8. The maximum Gasteiger partial charge on any atom is 0.222 e. The van der Waals surface area contributed by atoms with Gasteiger partial charge in [-0.2, -0.15) is 0 Å². The lowest BCUT2D eigenvalue weighted by Gasteiger charge is -2.08. The molecule has 6 nitrogen and oxygen atoms in total. The van der Waals surface area contributed by atoms with E-state index in [4.69, 9.17) is 16.7 Å². The molecule has 0 atom stereocenters. The van der Waals surface area contributed by atoms with Crippen LogP contribution in [0.25, 0.3) is 10.8 Å². The summed E-state index contributed by atoms with van der Waals surface area (Å²) in [6.07, 6.45) is 13.7. The van der Waals surface area contributed by atoms with Crippen LogP contribution in [0.3, 0.4) is 0 Å². The molecule has 8 heteroatoms. The number of fused-ring (bicyclic) bond motifs is 1. The highest BCUT2D eigenvalue weighted by atomic mass is 35.5. The lowest BCUT2D eigenvalue weighted by atomic mass is 10.0. The van der Waals surface area contributed by atoms with Gasteiger partial charge >= 0.3 is 0 Å². The fourth-order valence-electron chi connectivity index (χ4n) is 2.88. The Morgan fingerprint density at radius 3 is 2.14 bits per heavy atom. The molecule has 4 rings (SSSR count). The summed E-state index contributed by atoms with van der Waals surface area (Å²) in [7, 11) is 1.00. The van der Waals surface area contributed by atoms with Crippen molar-refractivity contribution in [2.24, 2.45) is 0 Å². The molecule has 28 heavy (non-hydrogen) atoms. The molecule has 1 aliphatic rings. The third kappa shape index (κ3) is 6.58. The van der Waals surface area contributed by atoms with E-state index in [-0.39, 0.29) is 11.0 Å². The van der Waals surface area contributed by atoms with E-state index in [1.54, 1.807) is 36.8 Å². The van der Waals surface area contributed by atoms with Gasteiger partial charge in [-0.1, -0.05) is 38.5 Å². The average Bonchev–Trinajstić information content (AvgIpc) is 2.78. The molecule has 0 bridgehead atoms. The van der Waals surface area contributed by atoms with E-state index < -0.39 is 0 Å². The van der Waals surface area contributed by atoms with Crippen molar-refractivity contribution in [2.45, 2.75) is 38.5 Å². The largest absolute Gasteiger partial charge is 0.400 e. The molecule has 3 aromatic rings. The van der Waals surface area contributed by atoms with Crippen LogP contribution < -0.4 is 10.3 Å². The standard InChI is InChI=1S/C13H8ClFN4O.C6H12.CH4O/c14-13-17-6-9(7-18-13)19-12-11-2-1-10(20-15)5-8(11)3-4-16-12;1-2-4-6-5-3-1;1-2/h1-7H,(H,16,19);1-6H2;2H,1H3. The van der Waals surface area contributed by atoms with Gasteiger partial charge in [-0.25, -0.2) is 15.0 Å². The van der Waals surface area contributed by atoms with Crippen LogP contribution in [0.15, 0.2) is 42.9 Å². The summed E-state index contributed by atoms with van der Waals surface area (Å²) in [5.41, 5.74) is 0.653. The predicted octanol–water partition coefficient (Wildman–Crippen LogP) is 5.63. The molecule has 0 unspecified atom stereocenters. The quantitative estimate of drug-likeness (QED) is 0.548. The lowest BCUT2D eigenvalue weighted by molar-refractivity contribution is -0.00603. The van der Waals surface area contributed by atoms with Crippen molar-refractivity contribution in [3.05, 3.63) is 48.1 Å². The van der Waals surface area contributed by atoms with E-state index in [0.717, 1.165) is 17.9 Å². The van der Waals surface area contributed by atoms with E-state index in [9.17, 15) is 4.53 Å². The van der Waals surface area contributed by atoms with E-state index in [1.165, 1.54) is 44.6 Å². The van der Waals surface area contributed by atoms with Crippen LogP contribution in [0.5, 0.6) is 5.75 Å². The predicted molar refractivity (Wildman–Crippen MR) is 110 cm³/mol. The fraction of sp³-hybridized carbons (Fsp3) is 0.350. The first kappa shape index (κ1) is 21.8. The Hall–Kier alpha value is -2.51. The van der Waals surface area contributed by atoms with Gasteiger partial charge in [0.2, 0.25) is 5.28 Å². The minimum atomic E-state index is 0.143. The molecular formula is C20H24ClFN4O2. The fourth-order valence-corrected chi connectivity index (χ4v) is 2.98. The zero-order valence-corrected chi connectivity index (χ0v) is 16.5. The highest BCUT2D eigenvalue weighted by molar-refractivity contribution is 6.28. The summed E-state index contributed by atoms with van der Waals surface area (Å²) in [5, 5.41) is 11.9. The number of benzene rings is 1. The number of pyridine rings is 1. The zero-order chi connectivity index (χ0) is 20.2. The molecule has 1 aliphatic carbocycles. The van der Waals surface area contributed by atoms with Crippen molar-refractivity contribution in [3.63, 3.8) is 0 Å². The molecule has 150 valence electrons. The Kier molecular flexibility index (Phi) is 9.37. The molecule has 1 fully saturated rings. The van der Waals surface area contributed by atoms with Gasteiger partial charge < -0.3 is 10.4 Å². The molecule has 0 saturated heterocycles. The van der Waals surface area contributed by atoms with Crippen molar-refractivity contribution in [3.8, 4) is 5.75 Å². The molecular weight excluding hydrogens is 383 g/mol. The monoisotopic (exact) mass is 406 g/mol. The van der Waals surface area contributed by atoms with Gasteiger partial charge in [0, 0.05) is 23.2 Å². The summed E-state index contributed by atoms with van der Waals surface area (Å²) in [6, 6.07) is 6.59. The first-order valence-corrected chi connectivity index (χ1v) is 9.51. The number of aliphatic hydroxyl groups is 1. The molecule has 2 aromatic heterocycles. The van der Waals surface area contributed by atoms with Gasteiger partial charge in [0.25, 0.3) is 0 Å². The summed E-state index contributed by atoms with van der Waals surface area (Å²) in [4.78, 5) is 15.7. The number of rotatable bonds is 3. The van der Waals surface area contributed by atoms with Gasteiger partial charge in [0.1, 0.15) is 5.82 Å². The van der Waals surface area contributed by atoms with Gasteiger partial charge in [-0.05, 0) is 41.3 Å². The van der Waals surface area contributed by atoms with Crippen molar-refractivity contribution in [1.29, 1.82) is 0 Å². The molecule has 0 amide bonds. The van der Waals surface area contributed by atoms with Gasteiger partial charge in [-0.15, -0.1) is 0 Å². The highest BCUT2D eigenvalue weighted by Crippen LogP contribution is 2.27. The maximum atomic E-state index is 12.2. The Morgan fingerprint density at radius 1 is 0.964 bits per heavy atom. The molecule has 1 aromatic carbocycles. The Balaban J connectivity index is 0.000000296. The number of aromatic nitrogens is 3. The lowest BCUT2D eigenvalue weighted by Crippen LogP contribution is -1.96. The van der Waals surface area contributed by atoms with Crippen molar-refractivity contribution >= 4 is 33.9 Å². The number of aliphatic hydroxyl groups excluding tert-OH is 1. The number of anilines is 2. The second kappa shape index (κ2) is 12.0. The second-order valence-electron chi connectivity index (χ2n) is 6.11. The van der Waals surface area contributed by atoms with Crippen molar-refractivity contribution in [1.82, 2.24) is 15.0 Å². The average molecular weight is 407 g/mol. The maximum absolute atomic E-state index is 12.2. The van der Waals surface area contributed by atoms with Crippen LogP contribution in [0.1, 0.15) is 38.5 Å². The number of nitrogens with one attached hydrogen (secondary N) is 1. The van der Waals surface area contributed by atoms with E-state index in [1.807, 2.05) is 0 Å². The van der Waals surface area contributed by atoms with Crippen LogP contribution in [-0.4, -0.2) is 27.2 Å². The minimum absolute atomic E-state index is 0.143. The van der Waals surface area contributed by atoms with Crippen LogP contribution >= 0.6 is 11.6 Å². The Morgan fingerprint density at radius 2 is 1.57 bits per heavy atom. The molecule has 0 aliphatic heterocycles. The van der Waals surface area contributed by atoms with Crippen LogP contribution in [0.2, 0.25) is 5.28 Å². The normalized spacial score (nSPS) is 12.9. The minimum Gasteiger partial charge on any atom is -0.400 e. The Bertz CT molecular complexity index is 834. The van der Waals surface area contributed by atoms with Crippen LogP contribution in [0.4, 0.5) is 16.0 Å². The van der Waals surface area contributed by atoms with E-state index in [2.05, 4.69) is 25.2 Å². The first-order valence-electron chi connectivity index (χ1n) is 9.13. The van der Waals surface area contributed by atoms with Crippen LogP contribution in [0, 0.1) is 0 Å². The number of hydrogen-bond acceptors (Lipinski definition) is 6. The van der Waals surface area contributed by atoms with Gasteiger partial charge in [-0.3, -0.25) is 4.94 Å². The summed E-state index contributed by atoms with van der Waals surface area (Å²) in [6.45, 7) is 0. The highest BCUT2D eigenvalue weighted by Gasteiger charge is 2.05. The van der Waals surface area contributed by atoms with Gasteiger partial charge in [0.15, 0.2) is 5.75 Å². The third-order valence-electron chi connectivity index (χ3n) is 4.21. The summed E-state index contributed by atoms with van der Waals surface area (Å²) < 4.78 is 12.2. The molecule has 1 saturated carbocycles. The van der Waals surface area contributed by atoms with Crippen LogP contribution in [-0.2, 0) is 0 Å².